The zero-order chi connectivity index (χ0) is 20.1. The fourth-order valence-electron chi connectivity index (χ4n) is 3.46. The summed E-state index contributed by atoms with van der Waals surface area (Å²) < 4.78 is 38.7. The SMILES string of the molecule is O=C1CC[C@@H](CCNCc2ccc(Cl)cc2)N1Cc1cccc(C(F)(F)F)c1. The van der Waals surface area contributed by atoms with Gasteiger partial charge in [-0.15, -0.1) is 0 Å². The first kappa shape index (κ1) is 20.7. The molecule has 0 unspecified atom stereocenters. The lowest BCUT2D eigenvalue weighted by Crippen LogP contribution is -2.34. The number of likely N-dealkylation sites (tertiary alicyclic amines) is 1. The molecular weight excluding hydrogens is 389 g/mol. The Morgan fingerprint density at radius 2 is 1.86 bits per heavy atom. The van der Waals surface area contributed by atoms with Gasteiger partial charge in [0.05, 0.1) is 5.56 Å². The number of nitrogens with one attached hydrogen (secondary N) is 1. The van der Waals surface area contributed by atoms with E-state index in [1.807, 2.05) is 24.3 Å². The van der Waals surface area contributed by atoms with Gasteiger partial charge in [-0.3, -0.25) is 4.79 Å². The maximum absolute atomic E-state index is 12.9. The summed E-state index contributed by atoms with van der Waals surface area (Å²) in [6, 6.07) is 12.8. The van der Waals surface area contributed by atoms with Gasteiger partial charge in [-0.25, -0.2) is 0 Å². The van der Waals surface area contributed by atoms with E-state index in [1.165, 1.54) is 6.07 Å². The van der Waals surface area contributed by atoms with Crippen molar-refractivity contribution in [3.63, 3.8) is 0 Å². The highest BCUT2D eigenvalue weighted by molar-refractivity contribution is 6.30. The van der Waals surface area contributed by atoms with Crippen molar-refractivity contribution in [2.45, 2.75) is 44.6 Å². The van der Waals surface area contributed by atoms with Crippen LogP contribution in [0, 0.1) is 0 Å². The molecular formula is C21H22ClF3N2O. The monoisotopic (exact) mass is 410 g/mol. The van der Waals surface area contributed by atoms with Crippen molar-refractivity contribution in [2.75, 3.05) is 6.54 Å². The first-order valence-corrected chi connectivity index (χ1v) is 9.61. The van der Waals surface area contributed by atoms with Crippen LogP contribution in [0.1, 0.15) is 36.0 Å². The number of hydrogen-bond donors (Lipinski definition) is 1. The Hall–Kier alpha value is -2.05. The van der Waals surface area contributed by atoms with E-state index in [0.29, 0.717) is 23.6 Å². The molecule has 7 heteroatoms. The molecule has 0 aromatic heterocycles. The number of rotatable bonds is 7. The number of carbonyl (C=O) groups is 1. The fourth-order valence-corrected chi connectivity index (χ4v) is 3.58. The van der Waals surface area contributed by atoms with Crippen LogP contribution >= 0.6 is 11.6 Å². The number of benzene rings is 2. The summed E-state index contributed by atoms with van der Waals surface area (Å²) in [7, 11) is 0. The zero-order valence-electron chi connectivity index (χ0n) is 15.3. The summed E-state index contributed by atoms with van der Waals surface area (Å²) in [6.07, 6.45) is -2.43. The Morgan fingerprint density at radius 3 is 2.57 bits per heavy atom. The minimum Gasteiger partial charge on any atom is -0.335 e. The average molecular weight is 411 g/mol. The molecule has 1 amide bonds. The van der Waals surface area contributed by atoms with Crippen LogP contribution in [0.3, 0.4) is 0 Å². The molecule has 1 heterocycles. The molecule has 0 saturated carbocycles. The highest BCUT2D eigenvalue weighted by Crippen LogP contribution is 2.30. The molecule has 1 atom stereocenters. The highest BCUT2D eigenvalue weighted by atomic mass is 35.5. The summed E-state index contributed by atoms with van der Waals surface area (Å²) in [5.74, 6) is 0.000105. The van der Waals surface area contributed by atoms with Crippen LogP contribution in [-0.4, -0.2) is 23.4 Å². The number of amides is 1. The summed E-state index contributed by atoms with van der Waals surface area (Å²) in [6.45, 7) is 1.63. The van der Waals surface area contributed by atoms with Crippen molar-refractivity contribution in [3.8, 4) is 0 Å². The fraction of sp³-hybridized carbons (Fsp3) is 0.381. The third-order valence-electron chi connectivity index (χ3n) is 4.96. The first-order chi connectivity index (χ1) is 13.3. The molecule has 1 N–H and O–H groups in total. The zero-order valence-corrected chi connectivity index (χ0v) is 16.1. The minimum absolute atomic E-state index is 0.000105. The standard InChI is InChI=1S/C21H22ClF3N2O/c22-18-6-4-15(5-7-18)13-26-11-10-19-8-9-20(28)27(19)14-16-2-1-3-17(12-16)21(23,24)25/h1-7,12,19,26H,8-11,13-14H2/t19-/m0/s1. The van der Waals surface area contributed by atoms with Crippen molar-refractivity contribution in [1.82, 2.24) is 10.2 Å². The summed E-state index contributed by atoms with van der Waals surface area (Å²) in [4.78, 5) is 13.9. The molecule has 0 spiro atoms. The van der Waals surface area contributed by atoms with Gasteiger partial charge in [-0.05, 0) is 54.8 Å². The highest BCUT2D eigenvalue weighted by Gasteiger charge is 2.32. The molecule has 3 rings (SSSR count). The molecule has 0 bridgehead atoms. The van der Waals surface area contributed by atoms with E-state index in [0.717, 1.165) is 37.1 Å². The first-order valence-electron chi connectivity index (χ1n) is 9.24. The maximum Gasteiger partial charge on any atom is 0.416 e. The molecule has 2 aromatic carbocycles. The molecule has 150 valence electrons. The van der Waals surface area contributed by atoms with E-state index in [2.05, 4.69) is 5.32 Å². The van der Waals surface area contributed by atoms with Gasteiger partial charge in [0.25, 0.3) is 0 Å². The van der Waals surface area contributed by atoms with Gasteiger partial charge in [0.2, 0.25) is 5.91 Å². The predicted molar refractivity (Wildman–Crippen MR) is 103 cm³/mol. The summed E-state index contributed by atoms with van der Waals surface area (Å²) in [5, 5.41) is 4.04. The number of halogens is 4. The van der Waals surface area contributed by atoms with Crippen molar-refractivity contribution >= 4 is 17.5 Å². The van der Waals surface area contributed by atoms with Crippen molar-refractivity contribution < 1.29 is 18.0 Å². The predicted octanol–water partition coefficient (Wildman–Crippen LogP) is 5.03. The van der Waals surface area contributed by atoms with E-state index < -0.39 is 11.7 Å². The van der Waals surface area contributed by atoms with E-state index >= 15 is 0 Å². The van der Waals surface area contributed by atoms with Crippen molar-refractivity contribution in [1.29, 1.82) is 0 Å². The second kappa shape index (κ2) is 8.97. The Labute approximate surface area is 167 Å². The Kier molecular flexibility index (Phi) is 6.62. The van der Waals surface area contributed by atoms with Gasteiger partial charge < -0.3 is 10.2 Å². The number of hydrogen-bond acceptors (Lipinski definition) is 2. The summed E-state index contributed by atoms with van der Waals surface area (Å²) in [5.41, 5.74) is 0.940. The Bertz CT molecular complexity index is 808. The molecule has 0 aliphatic carbocycles. The molecule has 3 nitrogen and oxygen atoms in total. The molecule has 1 aliphatic rings. The Balaban J connectivity index is 1.54. The van der Waals surface area contributed by atoms with Gasteiger partial charge in [0.1, 0.15) is 0 Å². The lowest BCUT2D eigenvalue weighted by molar-refractivity contribution is -0.137. The lowest BCUT2D eigenvalue weighted by Gasteiger charge is -2.25. The number of nitrogens with zero attached hydrogens (tertiary/aromatic N) is 1. The smallest absolute Gasteiger partial charge is 0.335 e. The molecule has 1 fully saturated rings. The Morgan fingerprint density at radius 1 is 1.11 bits per heavy atom. The van der Waals surface area contributed by atoms with Crippen molar-refractivity contribution in [3.05, 3.63) is 70.2 Å². The van der Waals surface area contributed by atoms with E-state index in [9.17, 15) is 18.0 Å². The van der Waals surface area contributed by atoms with Gasteiger partial charge in [0, 0.05) is 30.6 Å². The van der Waals surface area contributed by atoms with Gasteiger partial charge >= 0.3 is 6.18 Å². The van der Waals surface area contributed by atoms with Crippen LogP contribution < -0.4 is 5.32 Å². The number of carbonyl (C=O) groups excluding carboxylic acids is 1. The summed E-state index contributed by atoms with van der Waals surface area (Å²) >= 11 is 5.87. The van der Waals surface area contributed by atoms with Gasteiger partial charge in [0.15, 0.2) is 0 Å². The van der Waals surface area contributed by atoms with Crippen LogP contribution in [0.25, 0.3) is 0 Å². The molecule has 1 aliphatic heterocycles. The quantitative estimate of drug-likeness (QED) is 0.649. The molecule has 1 saturated heterocycles. The molecule has 2 aromatic rings. The average Bonchev–Trinajstić information content (AvgIpc) is 3.00. The second-order valence-electron chi connectivity index (χ2n) is 7.00. The van der Waals surface area contributed by atoms with Gasteiger partial charge in [-0.2, -0.15) is 13.2 Å². The topological polar surface area (TPSA) is 32.3 Å². The third-order valence-corrected chi connectivity index (χ3v) is 5.21. The maximum atomic E-state index is 12.9. The number of alkyl halides is 3. The normalized spacial score (nSPS) is 17.4. The van der Waals surface area contributed by atoms with E-state index in [4.69, 9.17) is 11.6 Å². The van der Waals surface area contributed by atoms with Crippen molar-refractivity contribution in [2.24, 2.45) is 0 Å². The van der Waals surface area contributed by atoms with Crippen LogP contribution in [-0.2, 0) is 24.1 Å². The van der Waals surface area contributed by atoms with Crippen LogP contribution in [0.15, 0.2) is 48.5 Å². The second-order valence-corrected chi connectivity index (χ2v) is 7.44. The minimum atomic E-state index is -4.38. The van der Waals surface area contributed by atoms with Crippen LogP contribution in [0.4, 0.5) is 13.2 Å². The van der Waals surface area contributed by atoms with E-state index in [-0.39, 0.29) is 18.5 Å². The van der Waals surface area contributed by atoms with Crippen LogP contribution in [0.2, 0.25) is 5.02 Å². The third kappa shape index (κ3) is 5.49. The molecule has 0 radical (unpaired) electrons. The van der Waals surface area contributed by atoms with Gasteiger partial charge in [-0.1, -0.05) is 35.9 Å². The molecule has 28 heavy (non-hydrogen) atoms. The van der Waals surface area contributed by atoms with Crippen LogP contribution in [0.5, 0.6) is 0 Å². The lowest BCUT2D eigenvalue weighted by atomic mass is 10.1. The largest absolute Gasteiger partial charge is 0.416 e. The van der Waals surface area contributed by atoms with E-state index in [1.54, 1.807) is 11.0 Å².